The molecule has 0 saturated carbocycles. The van der Waals surface area contributed by atoms with E-state index in [0.29, 0.717) is 0 Å². The van der Waals surface area contributed by atoms with Crippen molar-refractivity contribution in [3.63, 3.8) is 0 Å². The van der Waals surface area contributed by atoms with E-state index in [9.17, 15) is 0 Å². The van der Waals surface area contributed by atoms with Gasteiger partial charge in [0.25, 0.3) is 0 Å². The van der Waals surface area contributed by atoms with Crippen molar-refractivity contribution < 1.29 is 0 Å². The third-order valence-electron chi connectivity index (χ3n) is 5.18. The first-order valence-electron chi connectivity index (χ1n) is 10.6. The van der Waals surface area contributed by atoms with E-state index in [0.717, 1.165) is 18.4 Å². The van der Waals surface area contributed by atoms with Crippen molar-refractivity contribution in [3.8, 4) is 0 Å². The van der Waals surface area contributed by atoms with Crippen molar-refractivity contribution >= 4 is 6.21 Å². The van der Waals surface area contributed by atoms with Gasteiger partial charge in [0.15, 0.2) is 0 Å². The molecule has 1 rings (SSSR count). The van der Waals surface area contributed by atoms with Gasteiger partial charge in [-0.15, -0.1) is 0 Å². The molecule has 24 heavy (non-hydrogen) atoms. The molecule has 0 N–H and O–H groups in total. The molecule has 1 unspecified atom stereocenters. The van der Waals surface area contributed by atoms with Gasteiger partial charge in [0.05, 0.1) is 6.54 Å². The van der Waals surface area contributed by atoms with Gasteiger partial charge in [-0.05, 0) is 37.5 Å². The van der Waals surface area contributed by atoms with Crippen LogP contribution in [0.4, 0.5) is 0 Å². The third kappa shape index (κ3) is 10.2. The highest BCUT2D eigenvalue weighted by Gasteiger charge is 2.11. The Balaban J connectivity index is 2.11. The number of unbranched alkanes of at least 4 members (excludes halogenated alkanes) is 4. The normalized spacial score (nSPS) is 15.9. The van der Waals surface area contributed by atoms with E-state index < -0.39 is 0 Å². The van der Waals surface area contributed by atoms with Gasteiger partial charge >= 0.3 is 0 Å². The summed E-state index contributed by atoms with van der Waals surface area (Å²) < 4.78 is 0. The average Bonchev–Trinajstić information content (AvgIpc) is 2.57. The van der Waals surface area contributed by atoms with Crippen molar-refractivity contribution in [1.82, 2.24) is 4.90 Å². The minimum Gasteiger partial charge on any atom is -0.368 e. The van der Waals surface area contributed by atoms with E-state index in [2.05, 4.69) is 50.0 Å². The van der Waals surface area contributed by atoms with Crippen LogP contribution < -0.4 is 0 Å². The monoisotopic (exact) mass is 334 g/mol. The van der Waals surface area contributed by atoms with E-state index in [1.807, 2.05) is 0 Å². The van der Waals surface area contributed by atoms with Crippen LogP contribution in [0.5, 0.6) is 0 Å². The SMILES string of the molecule is CCCCC(C)CCCCCCC1=CN=CCN1CCCC(C)C. The average molecular weight is 335 g/mol. The summed E-state index contributed by atoms with van der Waals surface area (Å²) in [6.45, 7) is 11.6. The molecule has 140 valence electrons. The molecule has 0 spiro atoms. The Labute approximate surface area is 151 Å². The highest BCUT2D eigenvalue weighted by Crippen LogP contribution is 2.20. The minimum absolute atomic E-state index is 0.815. The number of hydrogen-bond acceptors (Lipinski definition) is 2. The van der Waals surface area contributed by atoms with Gasteiger partial charge in [0, 0.05) is 24.7 Å². The van der Waals surface area contributed by atoms with Crippen molar-refractivity contribution in [1.29, 1.82) is 0 Å². The molecule has 0 saturated heterocycles. The van der Waals surface area contributed by atoms with Crippen molar-refractivity contribution in [3.05, 3.63) is 11.9 Å². The summed E-state index contributed by atoms with van der Waals surface area (Å²) in [4.78, 5) is 6.93. The lowest BCUT2D eigenvalue weighted by atomic mass is 9.97. The van der Waals surface area contributed by atoms with Crippen molar-refractivity contribution in [2.75, 3.05) is 13.1 Å². The van der Waals surface area contributed by atoms with Crippen LogP contribution in [0.3, 0.4) is 0 Å². The summed E-state index contributed by atoms with van der Waals surface area (Å²) in [6.07, 6.45) is 19.1. The zero-order valence-electron chi connectivity index (χ0n) is 16.9. The van der Waals surface area contributed by atoms with E-state index in [-0.39, 0.29) is 0 Å². The number of aliphatic imine (C=N–C) groups is 1. The molecular formula is C22H42N2. The fourth-order valence-electron chi connectivity index (χ4n) is 3.48. The summed E-state index contributed by atoms with van der Waals surface area (Å²) in [5.74, 6) is 1.74. The van der Waals surface area contributed by atoms with Gasteiger partial charge < -0.3 is 4.90 Å². The fourth-order valence-corrected chi connectivity index (χ4v) is 3.48. The van der Waals surface area contributed by atoms with Crippen LogP contribution in [-0.4, -0.2) is 24.2 Å². The maximum atomic E-state index is 4.39. The second kappa shape index (κ2) is 13.5. The van der Waals surface area contributed by atoms with Crippen LogP contribution in [0.25, 0.3) is 0 Å². The lowest BCUT2D eigenvalue weighted by molar-refractivity contribution is 0.346. The van der Waals surface area contributed by atoms with Crippen LogP contribution in [0, 0.1) is 11.8 Å². The molecule has 1 aliphatic heterocycles. The highest BCUT2D eigenvalue weighted by molar-refractivity contribution is 5.62. The number of rotatable bonds is 14. The Morgan fingerprint density at radius 3 is 2.46 bits per heavy atom. The summed E-state index contributed by atoms with van der Waals surface area (Å²) >= 11 is 0. The zero-order chi connectivity index (χ0) is 17.6. The molecular weight excluding hydrogens is 292 g/mol. The predicted molar refractivity (Wildman–Crippen MR) is 109 cm³/mol. The van der Waals surface area contributed by atoms with Gasteiger partial charge in [-0.1, -0.05) is 72.6 Å². The van der Waals surface area contributed by atoms with E-state index >= 15 is 0 Å². The van der Waals surface area contributed by atoms with Gasteiger partial charge in [-0.2, -0.15) is 0 Å². The molecule has 2 heteroatoms. The van der Waals surface area contributed by atoms with Crippen LogP contribution in [-0.2, 0) is 0 Å². The molecule has 1 heterocycles. The lowest BCUT2D eigenvalue weighted by Crippen LogP contribution is -2.28. The second-order valence-corrected chi connectivity index (χ2v) is 8.13. The summed E-state index contributed by atoms with van der Waals surface area (Å²) in [5.41, 5.74) is 1.47. The molecule has 0 aromatic rings. The Hall–Kier alpha value is -0.790. The standard InChI is InChI=1S/C22H42N2/c1-5-6-13-21(4)14-9-7-8-10-15-22-19-23-16-18-24(22)17-11-12-20(2)3/h16,19-21H,5-15,17-18H2,1-4H3. The highest BCUT2D eigenvalue weighted by atomic mass is 15.2. The topological polar surface area (TPSA) is 15.6 Å². The Bertz CT molecular complexity index is 357. The van der Waals surface area contributed by atoms with Gasteiger partial charge in [-0.3, -0.25) is 4.99 Å². The third-order valence-corrected chi connectivity index (χ3v) is 5.18. The molecule has 0 fully saturated rings. The summed E-state index contributed by atoms with van der Waals surface area (Å²) in [5, 5.41) is 0. The van der Waals surface area contributed by atoms with E-state index in [1.54, 1.807) is 0 Å². The Kier molecular flexibility index (Phi) is 12.0. The number of hydrogen-bond donors (Lipinski definition) is 0. The second-order valence-electron chi connectivity index (χ2n) is 8.13. The minimum atomic E-state index is 0.815. The van der Waals surface area contributed by atoms with Gasteiger partial charge in [0.2, 0.25) is 0 Å². The smallest absolute Gasteiger partial charge is 0.0529 e. The largest absolute Gasteiger partial charge is 0.368 e. The molecule has 0 amide bonds. The molecule has 1 atom stereocenters. The molecule has 0 aliphatic carbocycles. The van der Waals surface area contributed by atoms with E-state index in [1.165, 1.54) is 82.9 Å². The molecule has 0 bridgehead atoms. The number of allylic oxidation sites excluding steroid dienone is 1. The lowest BCUT2D eigenvalue weighted by Gasteiger charge is -2.28. The maximum Gasteiger partial charge on any atom is 0.0529 e. The first-order valence-corrected chi connectivity index (χ1v) is 10.6. The molecule has 0 aromatic heterocycles. The van der Waals surface area contributed by atoms with Crippen LogP contribution in [0.2, 0.25) is 0 Å². The van der Waals surface area contributed by atoms with E-state index in [4.69, 9.17) is 0 Å². The van der Waals surface area contributed by atoms with Gasteiger partial charge in [-0.25, -0.2) is 0 Å². The maximum absolute atomic E-state index is 4.39. The fraction of sp³-hybridized carbons (Fsp3) is 0.864. The van der Waals surface area contributed by atoms with Crippen molar-refractivity contribution in [2.24, 2.45) is 16.8 Å². The Morgan fingerprint density at radius 2 is 1.71 bits per heavy atom. The number of nitrogens with zero attached hydrogens (tertiary/aromatic N) is 2. The van der Waals surface area contributed by atoms with Crippen LogP contribution >= 0.6 is 0 Å². The molecule has 0 aromatic carbocycles. The predicted octanol–water partition coefficient (Wildman–Crippen LogP) is 6.82. The quantitative estimate of drug-likeness (QED) is 0.318. The Morgan fingerprint density at radius 1 is 0.958 bits per heavy atom. The van der Waals surface area contributed by atoms with Crippen molar-refractivity contribution in [2.45, 2.75) is 98.3 Å². The summed E-state index contributed by atoms with van der Waals surface area (Å²) in [6, 6.07) is 0. The molecule has 0 radical (unpaired) electrons. The molecule has 2 nitrogen and oxygen atoms in total. The molecule has 1 aliphatic rings. The first kappa shape index (κ1) is 21.3. The first-order chi connectivity index (χ1) is 11.6. The summed E-state index contributed by atoms with van der Waals surface area (Å²) in [7, 11) is 0. The zero-order valence-corrected chi connectivity index (χ0v) is 16.9. The van der Waals surface area contributed by atoms with Crippen LogP contribution in [0.1, 0.15) is 98.3 Å². The van der Waals surface area contributed by atoms with Gasteiger partial charge in [0.1, 0.15) is 0 Å². The van der Waals surface area contributed by atoms with Crippen LogP contribution in [0.15, 0.2) is 16.9 Å².